The molecule has 0 bridgehead atoms. The molecule has 0 atom stereocenters. The summed E-state index contributed by atoms with van der Waals surface area (Å²) < 4.78 is 30.6. The molecule has 2 heterocycles. The number of primary sulfonamides is 1. The second-order valence-electron chi connectivity index (χ2n) is 7.76. The summed E-state index contributed by atoms with van der Waals surface area (Å²) in [5, 5.41) is 8.79. The van der Waals surface area contributed by atoms with Crippen molar-refractivity contribution in [3.63, 3.8) is 0 Å². The normalized spacial score (nSPS) is 15.1. The third-order valence-corrected chi connectivity index (χ3v) is 7.30. The van der Waals surface area contributed by atoms with Crippen LogP contribution in [-0.4, -0.2) is 60.8 Å². The van der Waals surface area contributed by atoms with Crippen molar-refractivity contribution < 1.29 is 17.9 Å². The summed E-state index contributed by atoms with van der Waals surface area (Å²) >= 11 is 1.31. The van der Waals surface area contributed by atoms with Crippen LogP contribution in [0.1, 0.15) is 12.5 Å². The number of benzene rings is 2. The molecule has 1 saturated heterocycles. The Bertz CT molecular complexity index is 1240. The standard InChI is InChI=1S/C22H27N5O4S2/c1-2-27-20-8-7-18(33(23,29)30)13-19(20)25-22(27)32-15-21(28)24-17-5-3-16(4-6-17)14-26-9-11-31-12-10-26/h3-8,13H,2,9-12,14-15H2,1H3,(H,24,28)(H2,23,29,30). The monoisotopic (exact) mass is 489 g/mol. The summed E-state index contributed by atoms with van der Waals surface area (Å²) in [4.78, 5) is 19.4. The van der Waals surface area contributed by atoms with Crippen LogP contribution in [0, 0.1) is 0 Å². The molecule has 11 heteroatoms. The summed E-state index contributed by atoms with van der Waals surface area (Å²) in [6.45, 7) is 6.88. The lowest BCUT2D eigenvalue weighted by molar-refractivity contribution is -0.113. The van der Waals surface area contributed by atoms with Crippen LogP contribution in [0.4, 0.5) is 5.69 Å². The van der Waals surface area contributed by atoms with Crippen LogP contribution < -0.4 is 10.5 Å². The van der Waals surface area contributed by atoms with Crippen LogP contribution in [0.15, 0.2) is 52.5 Å². The highest BCUT2D eigenvalue weighted by Gasteiger charge is 2.16. The zero-order valence-corrected chi connectivity index (χ0v) is 20.0. The number of anilines is 1. The number of hydrogen-bond donors (Lipinski definition) is 2. The van der Waals surface area contributed by atoms with Crippen molar-refractivity contribution in [2.24, 2.45) is 5.14 Å². The molecule has 1 fully saturated rings. The maximum absolute atomic E-state index is 12.5. The van der Waals surface area contributed by atoms with Crippen molar-refractivity contribution in [3.05, 3.63) is 48.0 Å². The first kappa shape index (κ1) is 23.7. The second-order valence-corrected chi connectivity index (χ2v) is 10.3. The predicted molar refractivity (Wildman–Crippen MR) is 129 cm³/mol. The number of fused-ring (bicyclic) bond motifs is 1. The minimum absolute atomic E-state index is 0.0158. The fourth-order valence-corrected chi connectivity index (χ4v) is 5.13. The molecule has 1 aromatic heterocycles. The number of carbonyl (C=O) groups excluding carboxylic acids is 1. The van der Waals surface area contributed by atoms with Gasteiger partial charge in [0.15, 0.2) is 5.16 Å². The number of carbonyl (C=O) groups is 1. The lowest BCUT2D eigenvalue weighted by Gasteiger charge is -2.26. The number of ether oxygens (including phenoxy) is 1. The summed E-state index contributed by atoms with van der Waals surface area (Å²) in [5.74, 6) is 0.0434. The lowest BCUT2D eigenvalue weighted by Crippen LogP contribution is -2.35. The van der Waals surface area contributed by atoms with Crippen LogP contribution in [-0.2, 0) is 32.6 Å². The number of nitrogens with one attached hydrogen (secondary N) is 1. The minimum atomic E-state index is -3.81. The predicted octanol–water partition coefficient (Wildman–Crippen LogP) is 2.27. The quantitative estimate of drug-likeness (QED) is 0.466. The van der Waals surface area contributed by atoms with E-state index in [1.807, 2.05) is 35.8 Å². The highest BCUT2D eigenvalue weighted by molar-refractivity contribution is 7.99. The van der Waals surface area contributed by atoms with Gasteiger partial charge in [0.1, 0.15) is 0 Å². The van der Waals surface area contributed by atoms with E-state index in [9.17, 15) is 13.2 Å². The van der Waals surface area contributed by atoms with E-state index in [0.29, 0.717) is 17.2 Å². The van der Waals surface area contributed by atoms with Gasteiger partial charge in [-0.3, -0.25) is 9.69 Å². The van der Waals surface area contributed by atoms with Crippen LogP contribution in [0.2, 0.25) is 0 Å². The molecule has 1 aliphatic rings. The average Bonchev–Trinajstić information content (AvgIpc) is 3.16. The Morgan fingerprint density at radius 1 is 1.18 bits per heavy atom. The van der Waals surface area contributed by atoms with Gasteiger partial charge in [0, 0.05) is 31.9 Å². The van der Waals surface area contributed by atoms with Crippen LogP contribution in [0.25, 0.3) is 11.0 Å². The number of amides is 1. The summed E-state index contributed by atoms with van der Waals surface area (Å²) in [6.07, 6.45) is 0. The van der Waals surface area contributed by atoms with Crippen LogP contribution in [0.3, 0.4) is 0 Å². The maximum atomic E-state index is 12.5. The first-order chi connectivity index (χ1) is 15.8. The van der Waals surface area contributed by atoms with Gasteiger partial charge in [0.25, 0.3) is 0 Å². The molecule has 0 radical (unpaired) electrons. The Kier molecular flexibility index (Phi) is 7.35. The summed E-state index contributed by atoms with van der Waals surface area (Å²) in [5.41, 5.74) is 3.26. The molecule has 0 unspecified atom stereocenters. The number of morpholine rings is 1. The molecule has 9 nitrogen and oxygen atoms in total. The van der Waals surface area contributed by atoms with E-state index < -0.39 is 10.0 Å². The van der Waals surface area contributed by atoms with Gasteiger partial charge in [0.05, 0.1) is 34.9 Å². The smallest absolute Gasteiger partial charge is 0.238 e. The summed E-state index contributed by atoms with van der Waals surface area (Å²) in [7, 11) is -3.81. The Hall–Kier alpha value is -2.44. The first-order valence-corrected chi connectivity index (χ1v) is 13.2. The van der Waals surface area contributed by atoms with Gasteiger partial charge >= 0.3 is 0 Å². The van der Waals surface area contributed by atoms with Crippen molar-refractivity contribution in [1.82, 2.24) is 14.5 Å². The van der Waals surface area contributed by atoms with Gasteiger partial charge in [-0.15, -0.1) is 0 Å². The number of rotatable bonds is 8. The number of sulfonamides is 1. The molecule has 2 aromatic carbocycles. The van der Waals surface area contributed by atoms with Crippen LogP contribution >= 0.6 is 11.8 Å². The molecule has 0 spiro atoms. The van der Waals surface area contributed by atoms with Crippen molar-refractivity contribution in [2.45, 2.75) is 30.1 Å². The molecular formula is C22H27N5O4S2. The second kappa shape index (κ2) is 10.2. The van der Waals surface area contributed by atoms with Gasteiger partial charge in [-0.2, -0.15) is 0 Å². The Morgan fingerprint density at radius 3 is 2.58 bits per heavy atom. The van der Waals surface area contributed by atoms with Gasteiger partial charge in [-0.25, -0.2) is 18.5 Å². The molecule has 1 amide bonds. The van der Waals surface area contributed by atoms with E-state index in [1.165, 1.54) is 29.5 Å². The zero-order chi connectivity index (χ0) is 23.4. The number of nitrogens with two attached hydrogens (primary N) is 1. The highest BCUT2D eigenvalue weighted by atomic mass is 32.2. The van der Waals surface area contributed by atoms with E-state index >= 15 is 0 Å². The number of imidazole rings is 1. The van der Waals surface area contributed by atoms with Crippen LogP contribution in [0.5, 0.6) is 0 Å². The molecule has 1 aliphatic heterocycles. The first-order valence-electron chi connectivity index (χ1n) is 10.7. The molecule has 0 aliphatic carbocycles. The van der Waals surface area contributed by atoms with E-state index in [-0.39, 0.29) is 16.6 Å². The Morgan fingerprint density at radius 2 is 1.91 bits per heavy atom. The largest absolute Gasteiger partial charge is 0.379 e. The topological polar surface area (TPSA) is 120 Å². The Labute approximate surface area is 197 Å². The molecule has 176 valence electrons. The third-order valence-electron chi connectivity index (χ3n) is 5.41. The van der Waals surface area contributed by atoms with Crippen molar-refractivity contribution in [3.8, 4) is 0 Å². The van der Waals surface area contributed by atoms with Crippen molar-refractivity contribution >= 4 is 44.4 Å². The van der Waals surface area contributed by atoms with Gasteiger partial charge in [0.2, 0.25) is 15.9 Å². The van der Waals surface area contributed by atoms with Gasteiger partial charge in [-0.05, 0) is 42.8 Å². The molecule has 0 saturated carbocycles. The van der Waals surface area contributed by atoms with Gasteiger partial charge in [-0.1, -0.05) is 23.9 Å². The summed E-state index contributed by atoms with van der Waals surface area (Å²) in [6, 6.07) is 12.5. The number of aryl methyl sites for hydroxylation is 1. The fourth-order valence-electron chi connectivity index (χ4n) is 3.72. The maximum Gasteiger partial charge on any atom is 0.238 e. The van der Waals surface area contributed by atoms with Crippen molar-refractivity contribution in [2.75, 3.05) is 37.4 Å². The molecule has 3 N–H and O–H groups in total. The SMILES string of the molecule is CCn1c(SCC(=O)Nc2ccc(CN3CCOCC3)cc2)nc2cc(S(N)(=O)=O)ccc21. The number of thioether (sulfide) groups is 1. The zero-order valence-electron chi connectivity index (χ0n) is 18.4. The third kappa shape index (κ3) is 5.92. The number of nitrogens with zero attached hydrogens (tertiary/aromatic N) is 3. The minimum Gasteiger partial charge on any atom is -0.379 e. The Balaban J connectivity index is 1.37. The number of aromatic nitrogens is 2. The molecule has 4 rings (SSSR count). The van der Waals surface area contributed by atoms with Gasteiger partial charge < -0.3 is 14.6 Å². The fraction of sp³-hybridized carbons (Fsp3) is 0.364. The molecular weight excluding hydrogens is 462 g/mol. The number of hydrogen-bond acceptors (Lipinski definition) is 7. The average molecular weight is 490 g/mol. The van der Waals surface area contributed by atoms with E-state index in [4.69, 9.17) is 9.88 Å². The molecule has 33 heavy (non-hydrogen) atoms. The van der Waals surface area contributed by atoms with E-state index in [1.54, 1.807) is 6.07 Å². The molecule has 3 aromatic rings. The lowest BCUT2D eigenvalue weighted by atomic mass is 10.2. The highest BCUT2D eigenvalue weighted by Crippen LogP contribution is 2.26. The van der Waals surface area contributed by atoms with E-state index in [2.05, 4.69) is 15.2 Å². The van der Waals surface area contributed by atoms with E-state index in [0.717, 1.165) is 44.1 Å². The van der Waals surface area contributed by atoms with Crippen molar-refractivity contribution in [1.29, 1.82) is 0 Å².